The van der Waals surface area contributed by atoms with Crippen LogP contribution in [0.1, 0.15) is 25.0 Å². The lowest BCUT2D eigenvalue weighted by molar-refractivity contribution is 0.667. The monoisotopic (exact) mass is 754 g/mol. The summed E-state index contributed by atoms with van der Waals surface area (Å²) >= 11 is 0. The SMILES string of the molecule is CC1(C)c2ccccc2-c2c1c1c3ccccc3n(-c3ccc(-c4nc(-c5ccccc5)cc(-c5ccccc5)n4)cc3)c1c1c3ccccc3n(-c3ccccc3)c21. The largest absolute Gasteiger partial charge is 0.309 e. The first-order valence-electron chi connectivity index (χ1n) is 20.3. The van der Waals surface area contributed by atoms with E-state index in [4.69, 9.17) is 9.97 Å². The molecule has 8 aromatic carbocycles. The Morgan fingerprint density at radius 2 is 0.915 bits per heavy atom. The highest BCUT2D eigenvalue weighted by Gasteiger charge is 2.41. The van der Waals surface area contributed by atoms with E-state index in [-0.39, 0.29) is 5.41 Å². The van der Waals surface area contributed by atoms with Gasteiger partial charge in [0.1, 0.15) is 0 Å². The first-order chi connectivity index (χ1) is 29.1. The Kier molecular flexibility index (Phi) is 7.24. The minimum atomic E-state index is -0.243. The minimum absolute atomic E-state index is 0.243. The van der Waals surface area contributed by atoms with Crippen molar-refractivity contribution >= 4 is 43.6 Å². The lowest BCUT2D eigenvalue weighted by Gasteiger charge is -2.23. The quantitative estimate of drug-likeness (QED) is 0.175. The van der Waals surface area contributed by atoms with E-state index in [0.717, 1.165) is 39.5 Å². The molecule has 3 aromatic heterocycles. The summed E-state index contributed by atoms with van der Waals surface area (Å²) in [5.74, 6) is 0.699. The van der Waals surface area contributed by atoms with Crippen LogP contribution in [0.25, 0.3) is 100 Å². The van der Waals surface area contributed by atoms with E-state index in [0.29, 0.717) is 5.82 Å². The van der Waals surface area contributed by atoms with E-state index >= 15 is 0 Å². The molecule has 59 heavy (non-hydrogen) atoms. The van der Waals surface area contributed by atoms with E-state index in [2.05, 4.69) is 205 Å². The minimum Gasteiger partial charge on any atom is -0.309 e. The highest BCUT2D eigenvalue weighted by molar-refractivity contribution is 6.31. The number of nitrogens with zero attached hydrogens (tertiary/aromatic N) is 4. The molecule has 0 aliphatic heterocycles. The summed E-state index contributed by atoms with van der Waals surface area (Å²) in [6.45, 7) is 4.82. The predicted molar refractivity (Wildman–Crippen MR) is 245 cm³/mol. The van der Waals surface area contributed by atoms with Crippen molar-refractivity contribution in [3.63, 3.8) is 0 Å². The predicted octanol–water partition coefficient (Wildman–Crippen LogP) is 14.0. The number of hydrogen-bond donors (Lipinski definition) is 0. The van der Waals surface area contributed by atoms with Crippen molar-refractivity contribution < 1.29 is 0 Å². The van der Waals surface area contributed by atoms with Crippen LogP contribution in [-0.4, -0.2) is 19.1 Å². The van der Waals surface area contributed by atoms with Gasteiger partial charge in [-0.3, -0.25) is 0 Å². The number of fused-ring (bicyclic) bond motifs is 12. The van der Waals surface area contributed by atoms with Gasteiger partial charge in [-0.05, 0) is 71.3 Å². The third-order valence-electron chi connectivity index (χ3n) is 12.5. The summed E-state index contributed by atoms with van der Waals surface area (Å²) in [4.78, 5) is 10.3. The molecule has 0 saturated carbocycles. The van der Waals surface area contributed by atoms with E-state index in [1.54, 1.807) is 0 Å². The van der Waals surface area contributed by atoms with E-state index in [1.807, 2.05) is 12.1 Å². The number of aromatic nitrogens is 4. The Morgan fingerprint density at radius 1 is 0.424 bits per heavy atom. The Labute approximate surface area is 342 Å². The lowest BCUT2D eigenvalue weighted by Crippen LogP contribution is -2.15. The maximum absolute atomic E-state index is 5.15. The van der Waals surface area contributed by atoms with Gasteiger partial charge in [0.25, 0.3) is 0 Å². The van der Waals surface area contributed by atoms with Crippen LogP contribution in [0.4, 0.5) is 0 Å². The van der Waals surface area contributed by atoms with Gasteiger partial charge in [-0.1, -0.05) is 153 Å². The van der Waals surface area contributed by atoms with Gasteiger partial charge in [0.2, 0.25) is 0 Å². The van der Waals surface area contributed by atoms with Crippen LogP contribution in [0.5, 0.6) is 0 Å². The highest BCUT2D eigenvalue weighted by Crippen LogP contribution is 2.58. The van der Waals surface area contributed by atoms with Crippen molar-refractivity contribution in [2.45, 2.75) is 19.3 Å². The van der Waals surface area contributed by atoms with Crippen molar-refractivity contribution in [3.05, 3.63) is 205 Å². The molecule has 1 aliphatic rings. The fourth-order valence-corrected chi connectivity index (χ4v) is 9.92. The zero-order valence-corrected chi connectivity index (χ0v) is 32.8. The summed E-state index contributed by atoms with van der Waals surface area (Å²) in [6, 6.07) is 69.5. The molecule has 4 heteroatoms. The van der Waals surface area contributed by atoms with Crippen LogP contribution in [0, 0.1) is 0 Å². The molecule has 0 N–H and O–H groups in total. The summed E-state index contributed by atoms with van der Waals surface area (Å²) < 4.78 is 5.02. The zero-order chi connectivity index (χ0) is 39.2. The Balaban J connectivity index is 1.17. The summed E-state index contributed by atoms with van der Waals surface area (Å²) in [6.07, 6.45) is 0. The Morgan fingerprint density at radius 3 is 1.54 bits per heavy atom. The molecule has 0 amide bonds. The third kappa shape index (κ3) is 4.90. The summed E-state index contributed by atoms with van der Waals surface area (Å²) in [5, 5.41) is 5.07. The van der Waals surface area contributed by atoms with Gasteiger partial charge in [0, 0.05) is 60.6 Å². The van der Waals surface area contributed by atoms with Crippen LogP contribution in [-0.2, 0) is 5.41 Å². The number of rotatable bonds is 5. The van der Waals surface area contributed by atoms with Gasteiger partial charge in [-0.25, -0.2) is 9.97 Å². The highest BCUT2D eigenvalue weighted by atomic mass is 15.0. The molecule has 1 aliphatic carbocycles. The number of para-hydroxylation sites is 3. The molecular weight excluding hydrogens is 717 g/mol. The molecule has 0 bridgehead atoms. The van der Waals surface area contributed by atoms with Gasteiger partial charge in [-0.2, -0.15) is 0 Å². The van der Waals surface area contributed by atoms with Crippen LogP contribution >= 0.6 is 0 Å². The first-order valence-corrected chi connectivity index (χ1v) is 20.3. The number of hydrogen-bond acceptors (Lipinski definition) is 2. The molecule has 11 aromatic rings. The summed E-state index contributed by atoms with van der Waals surface area (Å²) in [5.41, 5.74) is 17.1. The van der Waals surface area contributed by atoms with Crippen molar-refractivity contribution in [2.24, 2.45) is 0 Å². The third-order valence-corrected chi connectivity index (χ3v) is 12.5. The molecule has 0 radical (unpaired) electrons. The van der Waals surface area contributed by atoms with Crippen LogP contribution < -0.4 is 0 Å². The van der Waals surface area contributed by atoms with Crippen molar-refractivity contribution in [1.82, 2.24) is 19.1 Å². The average molecular weight is 755 g/mol. The van der Waals surface area contributed by atoms with E-state index in [9.17, 15) is 0 Å². The normalized spacial score (nSPS) is 13.1. The van der Waals surface area contributed by atoms with Crippen LogP contribution in [0.2, 0.25) is 0 Å². The van der Waals surface area contributed by atoms with Crippen LogP contribution in [0.15, 0.2) is 194 Å². The zero-order valence-electron chi connectivity index (χ0n) is 32.8. The smallest absolute Gasteiger partial charge is 0.160 e. The second-order valence-corrected chi connectivity index (χ2v) is 16.1. The molecule has 0 unspecified atom stereocenters. The molecular formula is C55H38N4. The Hall–Kier alpha value is -7.56. The second-order valence-electron chi connectivity index (χ2n) is 16.1. The number of benzene rings is 8. The molecule has 0 fully saturated rings. The van der Waals surface area contributed by atoms with Crippen molar-refractivity contribution in [3.8, 4) is 56.4 Å². The molecule has 0 spiro atoms. The van der Waals surface area contributed by atoms with Crippen molar-refractivity contribution in [1.29, 1.82) is 0 Å². The fraction of sp³-hybridized carbons (Fsp3) is 0.0545. The van der Waals surface area contributed by atoms with Gasteiger partial charge < -0.3 is 9.13 Å². The molecule has 0 atom stereocenters. The van der Waals surface area contributed by atoms with Gasteiger partial charge >= 0.3 is 0 Å². The molecule has 3 heterocycles. The average Bonchev–Trinajstić information content (AvgIpc) is 3.90. The van der Waals surface area contributed by atoms with Crippen molar-refractivity contribution in [2.75, 3.05) is 0 Å². The van der Waals surface area contributed by atoms with Gasteiger partial charge in [0.15, 0.2) is 5.82 Å². The van der Waals surface area contributed by atoms with Gasteiger partial charge in [-0.15, -0.1) is 0 Å². The topological polar surface area (TPSA) is 35.6 Å². The first kappa shape index (κ1) is 33.6. The molecule has 278 valence electrons. The maximum Gasteiger partial charge on any atom is 0.160 e. The Bertz CT molecular complexity index is 3370. The van der Waals surface area contributed by atoms with E-state index in [1.165, 1.54) is 65.9 Å². The lowest BCUT2D eigenvalue weighted by atomic mass is 9.80. The standard InChI is InChI=1S/C55H38N4/c1-55(2)43-27-15-12-24-40(43)48-51(55)49-41-25-13-16-28-46(41)59(53(49)50-42-26-14-17-29-47(42)58(52(48)50)38-22-10-5-11-23-38)39-32-30-37(31-33-39)54-56-44(35-18-6-3-7-19-35)34-45(57-54)36-20-8-4-9-21-36/h3-34H,1-2H3. The van der Waals surface area contributed by atoms with E-state index < -0.39 is 0 Å². The van der Waals surface area contributed by atoms with Crippen LogP contribution in [0.3, 0.4) is 0 Å². The maximum atomic E-state index is 5.15. The van der Waals surface area contributed by atoms with Gasteiger partial charge in [0.05, 0.1) is 33.5 Å². The summed E-state index contributed by atoms with van der Waals surface area (Å²) in [7, 11) is 0. The molecule has 4 nitrogen and oxygen atoms in total. The second kappa shape index (κ2) is 12.7. The fourth-order valence-electron chi connectivity index (χ4n) is 9.92. The molecule has 12 rings (SSSR count). The molecule has 0 saturated heterocycles.